The SMILES string of the molecule is NC(=O)C1=C(O)[C@@]2(O)C(=O)C3=C(O)c4c(O)ccc(-c5cccc(C(=O)O)c5)c4C[C@H]3C[C@H]2CC1=O. The number of ketones is 2. The van der Waals surface area contributed by atoms with Crippen LogP contribution in [0, 0.1) is 11.8 Å². The first kappa shape index (κ1) is 23.3. The Bertz CT molecular complexity index is 1470. The van der Waals surface area contributed by atoms with E-state index >= 15 is 0 Å². The van der Waals surface area contributed by atoms with Crippen molar-refractivity contribution in [3.8, 4) is 16.9 Å². The molecule has 10 nitrogen and oxygen atoms in total. The average molecular weight is 491 g/mol. The van der Waals surface area contributed by atoms with E-state index in [1.54, 1.807) is 18.2 Å². The molecule has 2 aromatic rings. The summed E-state index contributed by atoms with van der Waals surface area (Å²) in [6.45, 7) is 0. The van der Waals surface area contributed by atoms with E-state index in [0.29, 0.717) is 16.7 Å². The number of phenolic OH excluding ortho intramolecular Hbond substituents is 1. The van der Waals surface area contributed by atoms with Crippen LogP contribution < -0.4 is 5.73 Å². The Hall–Kier alpha value is -4.44. The van der Waals surface area contributed by atoms with Gasteiger partial charge in [0.25, 0.3) is 5.91 Å². The van der Waals surface area contributed by atoms with Gasteiger partial charge in [-0.25, -0.2) is 4.79 Å². The lowest BCUT2D eigenvalue weighted by molar-refractivity contribution is -0.147. The molecule has 3 atom stereocenters. The van der Waals surface area contributed by atoms with Crippen molar-refractivity contribution in [2.45, 2.75) is 24.9 Å². The largest absolute Gasteiger partial charge is 0.508 e. The third-order valence-electron chi connectivity index (χ3n) is 7.37. The van der Waals surface area contributed by atoms with Crippen LogP contribution in [0.4, 0.5) is 0 Å². The summed E-state index contributed by atoms with van der Waals surface area (Å²) in [5, 5.41) is 53.0. The van der Waals surface area contributed by atoms with E-state index in [1.165, 1.54) is 18.2 Å². The number of aromatic hydroxyl groups is 1. The highest BCUT2D eigenvalue weighted by Gasteiger charge is 2.60. The number of primary amides is 1. The second-order valence-corrected chi connectivity index (χ2v) is 9.28. The number of aliphatic hydroxyl groups is 3. The molecule has 0 saturated heterocycles. The minimum Gasteiger partial charge on any atom is -0.508 e. The third kappa shape index (κ3) is 3.07. The molecule has 3 aliphatic carbocycles. The van der Waals surface area contributed by atoms with Gasteiger partial charge in [-0.1, -0.05) is 18.2 Å². The maximum atomic E-state index is 13.5. The molecule has 36 heavy (non-hydrogen) atoms. The Morgan fingerprint density at radius 3 is 2.42 bits per heavy atom. The molecule has 7 N–H and O–H groups in total. The zero-order valence-electron chi connectivity index (χ0n) is 18.7. The van der Waals surface area contributed by atoms with Crippen LogP contribution in [0.5, 0.6) is 5.75 Å². The van der Waals surface area contributed by atoms with Gasteiger partial charge in [0, 0.05) is 17.9 Å². The lowest BCUT2D eigenvalue weighted by Gasteiger charge is -2.46. The molecule has 3 aliphatic rings. The molecule has 0 radical (unpaired) electrons. The topological polar surface area (TPSA) is 195 Å². The van der Waals surface area contributed by atoms with Gasteiger partial charge in [0.2, 0.25) is 5.78 Å². The molecule has 1 saturated carbocycles. The van der Waals surface area contributed by atoms with Crippen molar-refractivity contribution in [1.82, 2.24) is 0 Å². The molecule has 184 valence electrons. The van der Waals surface area contributed by atoms with Gasteiger partial charge in [-0.15, -0.1) is 0 Å². The number of carbonyl (C=O) groups excluding carboxylic acids is 3. The third-order valence-corrected chi connectivity index (χ3v) is 7.37. The van der Waals surface area contributed by atoms with E-state index in [2.05, 4.69) is 0 Å². The second-order valence-electron chi connectivity index (χ2n) is 9.28. The van der Waals surface area contributed by atoms with E-state index in [0.717, 1.165) is 0 Å². The minimum absolute atomic E-state index is 0.00712. The summed E-state index contributed by atoms with van der Waals surface area (Å²) in [6, 6.07) is 8.98. The number of carboxylic acid groups (broad SMARTS) is 1. The number of aromatic carboxylic acids is 1. The number of benzene rings is 2. The number of fused-ring (bicyclic) bond motifs is 3. The molecule has 5 rings (SSSR count). The molecule has 0 unspecified atom stereocenters. The fraction of sp³-hybridized carbons (Fsp3) is 0.231. The van der Waals surface area contributed by atoms with Gasteiger partial charge in [0.1, 0.15) is 22.8 Å². The highest BCUT2D eigenvalue weighted by molar-refractivity contribution is 6.22. The number of amides is 1. The number of carboxylic acids is 1. The molecule has 0 aromatic heterocycles. The van der Waals surface area contributed by atoms with Crippen molar-refractivity contribution in [1.29, 1.82) is 0 Å². The summed E-state index contributed by atoms with van der Waals surface area (Å²) in [7, 11) is 0. The van der Waals surface area contributed by atoms with Gasteiger partial charge in [0.15, 0.2) is 11.4 Å². The zero-order chi connectivity index (χ0) is 26.1. The lowest BCUT2D eigenvalue weighted by atomic mass is 9.59. The number of hydrogen-bond donors (Lipinski definition) is 6. The number of Topliss-reactive ketones (excluding diaryl/α,β-unsaturated/α-hetero) is 2. The van der Waals surface area contributed by atoms with Gasteiger partial charge in [0.05, 0.1) is 11.1 Å². The molecular weight excluding hydrogens is 470 g/mol. The van der Waals surface area contributed by atoms with E-state index in [9.17, 15) is 44.7 Å². The van der Waals surface area contributed by atoms with Crippen molar-refractivity contribution >= 4 is 29.2 Å². The van der Waals surface area contributed by atoms with Crippen molar-refractivity contribution in [3.63, 3.8) is 0 Å². The highest BCUT2D eigenvalue weighted by atomic mass is 16.4. The van der Waals surface area contributed by atoms with Crippen LogP contribution in [-0.2, 0) is 20.8 Å². The number of aliphatic hydroxyl groups excluding tert-OH is 2. The van der Waals surface area contributed by atoms with Crippen LogP contribution in [0.2, 0.25) is 0 Å². The van der Waals surface area contributed by atoms with E-state index in [-0.39, 0.29) is 35.3 Å². The lowest BCUT2D eigenvalue weighted by Crippen LogP contribution is -2.58. The fourth-order valence-corrected chi connectivity index (χ4v) is 5.71. The predicted octanol–water partition coefficient (Wildman–Crippen LogP) is 1.79. The Labute approximate surface area is 203 Å². The summed E-state index contributed by atoms with van der Waals surface area (Å²) < 4.78 is 0. The normalized spacial score (nSPS) is 25.2. The standard InChI is InChI=1S/C26H21NO9/c27-24(33)20-17(29)9-13-7-12-8-15-14(10-2-1-3-11(6-10)25(34)35)4-5-16(28)19(15)21(30)18(12)22(31)26(13,36)23(20)32/h1-6,12-13,28,30,32,36H,7-9H2,(H2,27,33)(H,34,35)/t12-,13+,26+/m1/s1. The predicted molar refractivity (Wildman–Crippen MR) is 124 cm³/mol. The number of nitrogens with two attached hydrogens (primary N) is 1. The van der Waals surface area contributed by atoms with Gasteiger partial charge < -0.3 is 31.3 Å². The molecule has 0 heterocycles. The van der Waals surface area contributed by atoms with E-state index in [4.69, 9.17) is 5.73 Å². The zero-order valence-corrected chi connectivity index (χ0v) is 18.7. The quantitative estimate of drug-likeness (QED) is 0.347. The maximum Gasteiger partial charge on any atom is 0.335 e. The van der Waals surface area contributed by atoms with Gasteiger partial charge in [-0.3, -0.25) is 14.4 Å². The van der Waals surface area contributed by atoms with E-state index < -0.39 is 64.4 Å². The molecule has 10 heteroatoms. The first-order valence-electron chi connectivity index (χ1n) is 11.1. The fourth-order valence-electron chi connectivity index (χ4n) is 5.71. The molecular formula is C26H21NO9. The molecule has 1 amide bonds. The van der Waals surface area contributed by atoms with Crippen LogP contribution in [0.25, 0.3) is 16.9 Å². The Morgan fingerprint density at radius 1 is 1.03 bits per heavy atom. The average Bonchev–Trinajstić information content (AvgIpc) is 2.81. The van der Waals surface area contributed by atoms with Crippen LogP contribution in [0.3, 0.4) is 0 Å². The summed E-state index contributed by atoms with van der Waals surface area (Å²) in [5.74, 6) is -8.10. The molecule has 2 aromatic carbocycles. The van der Waals surface area contributed by atoms with Crippen LogP contribution >= 0.6 is 0 Å². The number of hydrogen-bond acceptors (Lipinski definition) is 8. The number of phenols is 1. The van der Waals surface area contributed by atoms with Crippen LogP contribution in [-0.4, -0.2) is 54.6 Å². The first-order chi connectivity index (χ1) is 17.0. The van der Waals surface area contributed by atoms with Gasteiger partial charge >= 0.3 is 5.97 Å². The van der Waals surface area contributed by atoms with Gasteiger partial charge in [-0.05, 0) is 53.6 Å². The van der Waals surface area contributed by atoms with Crippen LogP contribution in [0.15, 0.2) is 53.3 Å². The van der Waals surface area contributed by atoms with Crippen LogP contribution in [0.1, 0.15) is 34.3 Å². The maximum absolute atomic E-state index is 13.5. The summed E-state index contributed by atoms with van der Waals surface area (Å²) in [4.78, 5) is 49.2. The highest BCUT2D eigenvalue weighted by Crippen LogP contribution is 2.53. The monoisotopic (exact) mass is 491 g/mol. The molecule has 0 spiro atoms. The molecule has 1 fully saturated rings. The van der Waals surface area contributed by atoms with E-state index in [1.807, 2.05) is 0 Å². The smallest absolute Gasteiger partial charge is 0.335 e. The Balaban J connectivity index is 1.70. The van der Waals surface area contributed by atoms with Crippen molar-refractivity contribution in [2.24, 2.45) is 17.6 Å². The van der Waals surface area contributed by atoms with Crippen molar-refractivity contribution < 1.29 is 44.7 Å². The summed E-state index contributed by atoms with van der Waals surface area (Å²) in [5.41, 5.74) is 2.96. The Kier molecular flexibility index (Phi) is 5.04. The summed E-state index contributed by atoms with van der Waals surface area (Å²) >= 11 is 0. The Morgan fingerprint density at radius 2 is 1.75 bits per heavy atom. The number of rotatable bonds is 3. The summed E-state index contributed by atoms with van der Waals surface area (Å²) in [6.07, 6.45) is -0.280. The van der Waals surface area contributed by atoms with Crippen molar-refractivity contribution in [3.05, 3.63) is 70.0 Å². The minimum atomic E-state index is -2.63. The second kappa shape index (κ2) is 7.79. The molecule has 0 aliphatic heterocycles. The first-order valence-corrected chi connectivity index (χ1v) is 11.1. The number of carbonyl (C=O) groups is 4. The molecule has 0 bridgehead atoms. The van der Waals surface area contributed by atoms with Crippen molar-refractivity contribution in [2.75, 3.05) is 0 Å². The van der Waals surface area contributed by atoms with Gasteiger partial charge in [-0.2, -0.15) is 0 Å².